The Labute approximate surface area is 127 Å². The Hall–Kier alpha value is -1.33. The SMILES string of the molecule is CCCN(CC1CCCN1)C(=O)c1cccn1CCOC. The summed E-state index contributed by atoms with van der Waals surface area (Å²) in [6.45, 7) is 6.14. The second-order valence-electron chi connectivity index (χ2n) is 5.62. The van der Waals surface area contributed by atoms with E-state index in [4.69, 9.17) is 4.74 Å². The minimum atomic E-state index is 0.131. The lowest BCUT2D eigenvalue weighted by Crippen LogP contribution is -2.42. The second kappa shape index (κ2) is 8.20. The molecule has 0 saturated carbocycles. The Morgan fingerprint density at radius 1 is 1.57 bits per heavy atom. The first-order valence-electron chi connectivity index (χ1n) is 7.93. The van der Waals surface area contributed by atoms with E-state index in [0.29, 0.717) is 19.2 Å². The standard InChI is InChI=1S/C16H27N3O2/c1-3-9-19(13-14-6-4-8-17-14)16(20)15-7-5-10-18(15)11-12-21-2/h5,7,10,14,17H,3-4,6,8-9,11-13H2,1-2H3. The number of rotatable bonds is 8. The van der Waals surface area contributed by atoms with Crippen LogP contribution in [0, 0.1) is 0 Å². The molecule has 1 aliphatic heterocycles. The van der Waals surface area contributed by atoms with Crippen molar-refractivity contribution in [3.8, 4) is 0 Å². The van der Waals surface area contributed by atoms with Gasteiger partial charge in [0.1, 0.15) is 5.69 Å². The van der Waals surface area contributed by atoms with Crippen molar-refractivity contribution in [2.24, 2.45) is 0 Å². The maximum atomic E-state index is 12.8. The highest BCUT2D eigenvalue weighted by Gasteiger charge is 2.23. The number of aromatic nitrogens is 1. The zero-order valence-electron chi connectivity index (χ0n) is 13.2. The minimum Gasteiger partial charge on any atom is -0.383 e. The zero-order chi connectivity index (χ0) is 15.1. The van der Waals surface area contributed by atoms with Gasteiger partial charge < -0.3 is 19.5 Å². The summed E-state index contributed by atoms with van der Waals surface area (Å²) < 4.78 is 7.09. The van der Waals surface area contributed by atoms with Gasteiger partial charge in [-0.05, 0) is 37.9 Å². The molecule has 2 heterocycles. The molecule has 1 N–H and O–H groups in total. The van der Waals surface area contributed by atoms with Crippen molar-refractivity contribution in [2.45, 2.75) is 38.8 Å². The van der Waals surface area contributed by atoms with E-state index in [9.17, 15) is 4.79 Å². The molecule has 118 valence electrons. The molecule has 0 spiro atoms. The summed E-state index contributed by atoms with van der Waals surface area (Å²) in [7, 11) is 1.68. The van der Waals surface area contributed by atoms with Crippen LogP contribution in [0.15, 0.2) is 18.3 Å². The predicted octanol–water partition coefficient (Wildman–Crippen LogP) is 1.74. The van der Waals surface area contributed by atoms with Gasteiger partial charge in [-0.3, -0.25) is 4.79 Å². The van der Waals surface area contributed by atoms with Gasteiger partial charge in [0.15, 0.2) is 0 Å². The number of methoxy groups -OCH3 is 1. The molecule has 5 heteroatoms. The van der Waals surface area contributed by atoms with Gasteiger partial charge in [-0.1, -0.05) is 6.92 Å². The van der Waals surface area contributed by atoms with Crippen molar-refractivity contribution in [3.63, 3.8) is 0 Å². The number of hydrogen-bond acceptors (Lipinski definition) is 3. The highest BCUT2D eigenvalue weighted by Crippen LogP contribution is 2.12. The third kappa shape index (κ3) is 4.32. The van der Waals surface area contributed by atoms with Crippen molar-refractivity contribution in [3.05, 3.63) is 24.0 Å². The molecule has 5 nitrogen and oxygen atoms in total. The fraction of sp³-hybridized carbons (Fsp3) is 0.688. The fourth-order valence-corrected chi connectivity index (χ4v) is 2.88. The van der Waals surface area contributed by atoms with E-state index in [0.717, 1.165) is 38.2 Å². The lowest BCUT2D eigenvalue weighted by atomic mass is 10.2. The molecule has 1 amide bonds. The topological polar surface area (TPSA) is 46.5 Å². The lowest BCUT2D eigenvalue weighted by molar-refractivity contribution is 0.0728. The van der Waals surface area contributed by atoms with Crippen LogP contribution in [0.4, 0.5) is 0 Å². The Bertz CT molecular complexity index is 438. The maximum Gasteiger partial charge on any atom is 0.270 e. The lowest BCUT2D eigenvalue weighted by Gasteiger charge is -2.26. The molecule has 1 saturated heterocycles. The highest BCUT2D eigenvalue weighted by atomic mass is 16.5. The smallest absolute Gasteiger partial charge is 0.270 e. The molecular weight excluding hydrogens is 266 g/mol. The van der Waals surface area contributed by atoms with E-state index in [2.05, 4.69) is 12.2 Å². The van der Waals surface area contributed by atoms with Gasteiger partial charge in [0.05, 0.1) is 6.61 Å². The number of ether oxygens (including phenoxy) is 1. The van der Waals surface area contributed by atoms with Gasteiger partial charge in [-0.2, -0.15) is 0 Å². The molecule has 1 aromatic heterocycles. The van der Waals surface area contributed by atoms with Gasteiger partial charge in [-0.15, -0.1) is 0 Å². The third-order valence-corrected chi connectivity index (χ3v) is 3.97. The summed E-state index contributed by atoms with van der Waals surface area (Å²) in [6.07, 6.45) is 5.31. The van der Waals surface area contributed by atoms with Crippen LogP contribution in [0.1, 0.15) is 36.7 Å². The van der Waals surface area contributed by atoms with Crippen molar-refractivity contribution >= 4 is 5.91 Å². The van der Waals surface area contributed by atoms with Crippen LogP contribution >= 0.6 is 0 Å². The first-order valence-corrected chi connectivity index (χ1v) is 7.93. The Morgan fingerprint density at radius 3 is 3.10 bits per heavy atom. The highest BCUT2D eigenvalue weighted by molar-refractivity contribution is 5.92. The number of carbonyl (C=O) groups excluding carboxylic acids is 1. The van der Waals surface area contributed by atoms with E-state index in [1.54, 1.807) is 7.11 Å². The molecule has 0 bridgehead atoms. The molecule has 0 aliphatic carbocycles. The number of nitrogens with one attached hydrogen (secondary N) is 1. The molecule has 0 aromatic carbocycles. The van der Waals surface area contributed by atoms with Crippen LogP contribution in [0.25, 0.3) is 0 Å². The maximum absolute atomic E-state index is 12.8. The minimum absolute atomic E-state index is 0.131. The van der Waals surface area contributed by atoms with E-state index in [-0.39, 0.29) is 5.91 Å². The molecule has 1 atom stereocenters. The molecule has 1 aromatic rings. The Morgan fingerprint density at radius 2 is 2.43 bits per heavy atom. The van der Waals surface area contributed by atoms with E-state index in [1.807, 2.05) is 27.8 Å². The van der Waals surface area contributed by atoms with Crippen LogP contribution < -0.4 is 5.32 Å². The predicted molar refractivity (Wildman–Crippen MR) is 83.5 cm³/mol. The summed E-state index contributed by atoms with van der Waals surface area (Å²) >= 11 is 0. The summed E-state index contributed by atoms with van der Waals surface area (Å²) in [5, 5.41) is 3.47. The number of nitrogens with zero attached hydrogens (tertiary/aromatic N) is 2. The average molecular weight is 293 g/mol. The quantitative estimate of drug-likeness (QED) is 0.794. The van der Waals surface area contributed by atoms with Gasteiger partial charge in [0.25, 0.3) is 5.91 Å². The van der Waals surface area contributed by atoms with Crippen LogP contribution in [-0.4, -0.2) is 54.8 Å². The average Bonchev–Trinajstić information content (AvgIpc) is 3.15. The first-order chi connectivity index (χ1) is 10.3. The van der Waals surface area contributed by atoms with Crippen molar-refractivity contribution in [2.75, 3.05) is 33.4 Å². The second-order valence-corrected chi connectivity index (χ2v) is 5.62. The van der Waals surface area contributed by atoms with Crippen molar-refractivity contribution < 1.29 is 9.53 Å². The third-order valence-electron chi connectivity index (χ3n) is 3.97. The van der Waals surface area contributed by atoms with E-state index < -0.39 is 0 Å². The number of hydrogen-bond donors (Lipinski definition) is 1. The van der Waals surface area contributed by atoms with Crippen molar-refractivity contribution in [1.82, 2.24) is 14.8 Å². The Kier molecular flexibility index (Phi) is 6.26. The first kappa shape index (κ1) is 16.0. The molecule has 1 unspecified atom stereocenters. The summed E-state index contributed by atoms with van der Waals surface area (Å²) in [6, 6.07) is 4.28. The molecule has 0 radical (unpaired) electrons. The van der Waals surface area contributed by atoms with E-state index >= 15 is 0 Å². The molecule has 21 heavy (non-hydrogen) atoms. The zero-order valence-corrected chi connectivity index (χ0v) is 13.2. The number of carbonyl (C=O) groups is 1. The van der Waals surface area contributed by atoms with Gasteiger partial charge in [-0.25, -0.2) is 0 Å². The molecule has 1 fully saturated rings. The summed E-state index contributed by atoms with van der Waals surface area (Å²) in [4.78, 5) is 14.8. The molecular formula is C16H27N3O2. The van der Waals surface area contributed by atoms with Gasteiger partial charge in [0.2, 0.25) is 0 Å². The fourth-order valence-electron chi connectivity index (χ4n) is 2.88. The van der Waals surface area contributed by atoms with Crippen LogP contribution in [0.2, 0.25) is 0 Å². The number of amides is 1. The summed E-state index contributed by atoms with van der Waals surface area (Å²) in [5.41, 5.74) is 0.762. The normalized spacial score (nSPS) is 18.1. The monoisotopic (exact) mass is 293 g/mol. The van der Waals surface area contributed by atoms with Gasteiger partial charge in [0, 0.05) is 39.0 Å². The van der Waals surface area contributed by atoms with Crippen LogP contribution in [0.5, 0.6) is 0 Å². The van der Waals surface area contributed by atoms with Crippen LogP contribution in [0.3, 0.4) is 0 Å². The van der Waals surface area contributed by atoms with Crippen LogP contribution in [-0.2, 0) is 11.3 Å². The van der Waals surface area contributed by atoms with Gasteiger partial charge >= 0.3 is 0 Å². The summed E-state index contributed by atoms with van der Waals surface area (Å²) in [5.74, 6) is 0.131. The molecule has 2 rings (SSSR count). The van der Waals surface area contributed by atoms with E-state index in [1.165, 1.54) is 6.42 Å². The Balaban J connectivity index is 2.04. The van der Waals surface area contributed by atoms with Crippen molar-refractivity contribution in [1.29, 1.82) is 0 Å². The largest absolute Gasteiger partial charge is 0.383 e. The molecule has 1 aliphatic rings.